The molecule has 0 saturated heterocycles. The van der Waals surface area contributed by atoms with E-state index in [1.54, 1.807) is 6.21 Å². The number of aliphatic imine (C=N–C) groups is 1. The summed E-state index contributed by atoms with van der Waals surface area (Å²) < 4.78 is 0. The van der Waals surface area contributed by atoms with Crippen molar-refractivity contribution in [2.45, 2.75) is 44.3 Å². The molecule has 1 amide bonds. The number of carbonyl (C=O) groups excluding carboxylic acids is 1. The number of nitrogens with two attached hydrogens (primary N) is 2. The van der Waals surface area contributed by atoms with Gasteiger partial charge in [-0.2, -0.15) is 4.98 Å². The summed E-state index contributed by atoms with van der Waals surface area (Å²) in [4.78, 5) is 20.5. The summed E-state index contributed by atoms with van der Waals surface area (Å²) >= 11 is 0. The van der Waals surface area contributed by atoms with Gasteiger partial charge in [-0.15, -0.1) is 10.2 Å². The van der Waals surface area contributed by atoms with Crippen LogP contribution >= 0.6 is 0 Å². The van der Waals surface area contributed by atoms with Crippen molar-refractivity contribution in [2.75, 3.05) is 10.6 Å². The lowest BCUT2D eigenvalue weighted by Crippen LogP contribution is -2.43. The molecular weight excluding hydrogens is 344 g/mol. The Balaban J connectivity index is 1.63. The molecule has 2 heterocycles. The van der Waals surface area contributed by atoms with E-state index in [4.69, 9.17) is 11.5 Å². The third kappa shape index (κ3) is 3.59. The van der Waals surface area contributed by atoms with Crippen LogP contribution in [-0.2, 0) is 6.54 Å². The summed E-state index contributed by atoms with van der Waals surface area (Å²) in [6.07, 6.45) is 5.96. The Kier molecular flexibility index (Phi) is 4.68. The van der Waals surface area contributed by atoms with E-state index in [1.165, 1.54) is 0 Å². The highest BCUT2D eigenvalue weighted by Gasteiger charge is 2.24. The van der Waals surface area contributed by atoms with Gasteiger partial charge in [-0.05, 0) is 24.5 Å². The van der Waals surface area contributed by atoms with Gasteiger partial charge in [-0.3, -0.25) is 9.79 Å². The topological polar surface area (TPSA) is 144 Å². The number of hydrogen-bond donors (Lipinski definition) is 4. The molecule has 2 atom stereocenters. The van der Waals surface area contributed by atoms with Crippen molar-refractivity contribution < 1.29 is 4.79 Å². The number of nitrogens with one attached hydrogen (secondary N) is 2. The van der Waals surface area contributed by atoms with E-state index >= 15 is 0 Å². The van der Waals surface area contributed by atoms with Crippen LogP contribution in [-0.4, -0.2) is 39.4 Å². The van der Waals surface area contributed by atoms with E-state index in [0.717, 1.165) is 42.5 Å². The number of carbonyl (C=O) groups is 1. The first-order valence-corrected chi connectivity index (χ1v) is 9.07. The molecule has 27 heavy (non-hydrogen) atoms. The van der Waals surface area contributed by atoms with E-state index in [-0.39, 0.29) is 23.6 Å². The third-order valence-electron chi connectivity index (χ3n) is 4.99. The summed E-state index contributed by atoms with van der Waals surface area (Å²) in [5.41, 5.74) is 14.5. The van der Waals surface area contributed by atoms with Crippen LogP contribution < -0.4 is 22.1 Å². The fraction of sp³-hybridized carbons (Fsp3) is 0.389. The second-order valence-electron chi connectivity index (χ2n) is 6.87. The molecular formula is C18H22N8O. The molecule has 1 aromatic carbocycles. The first-order chi connectivity index (χ1) is 13.1. The first kappa shape index (κ1) is 17.3. The molecule has 0 spiro atoms. The van der Waals surface area contributed by atoms with Crippen LogP contribution in [0.15, 0.2) is 23.2 Å². The molecule has 9 heteroatoms. The van der Waals surface area contributed by atoms with Crippen molar-refractivity contribution in [1.82, 2.24) is 15.2 Å². The molecule has 1 saturated carbocycles. The number of nitrogens with zero attached hydrogens (tertiary/aromatic N) is 4. The quantitative estimate of drug-likeness (QED) is 0.624. The number of benzene rings is 1. The Labute approximate surface area is 156 Å². The molecule has 0 radical (unpaired) electrons. The summed E-state index contributed by atoms with van der Waals surface area (Å²) in [7, 11) is 0. The van der Waals surface area contributed by atoms with E-state index in [9.17, 15) is 4.79 Å². The Bertz CT molecular complexity index is 897. The number of fused-ring (bicyclic) bond motifs is 1. The van der Waals surface area contributed by atoms with Gasteiger partial charge in [-0.25, -0.2) is 0 Å². The minimum Gasteiger partial charge on any atom is -0.364 e. The Hall–Kier alpha value is -3.07. The Morgan fingerprint density at radius 2 is 2.04 bits per heavy atom. The second-order valence-corrected chi connectivity index (χ2v) is 6.87. The number of aromatic nitrogens is 3. The fourth-order valence-electron chi connectivity index (χ4n) is 3.52. The maximum atomic E-state index is 11.8. The minimum absolute atomic E-state index is 0.0129. The number of hydrogen-bond acceptors (Lipinski definition) is 8. The number of amides is 1. The zero-order chi connectivity index (χ0) is 18.8. The zero-order valence-electron chi connectivity index (χ0n) is 14.9. The van der Waals surface area contributed by atoms with Crippen LogP contribution in [0.4, 0.5) is 17.5 Å². The van der Waals surface area contributed by atoms with Gasteiger partial charge in [0.2, 0.25) is 5.95 Å². The van der Waals surface area contributed by atoms with Crippen LogP contribution in [0.2, 0.25) is 0 Å². The van der Waals surface area contributed by atoms with Crippen molar-refractivity contribution >= 4 is 29.6 Å². The molecule has 6 N–H and O–H groups in total. The van der Waals surface area contributed by atoms with Crippen molar-refractivity contribution in [3.63, 3.8) is 0 Å². The summed E-state index contributed by atoms with van der Waals surface area (Å²) in [5.74, 6) is -0.108. The summed E-state index contributed by atoms with van der Waals surface area (Å²) in [5, 5.41) is 14.4. The molecule has 0 bridgehead atoms. The van der Waals surface area contributed by atoms with Gasteiger partial charge in [0.05, 0.1) is 6.54 Å². The predicted octanol–water partition coefficient (Wildman–Crippen LogP) is 1.33. The number of anilines is 3. The van der Waals surface area contributed by atoms with Gasteiger partial charge in [0.15, 0.2) is 11.5 Å². The van der Waals surface area contributed by atoms with Crippen LogP contribution in [0.3, 0.4) is 0 Å². The fourth-order valence-corrected chi connectivity index (χ4v) is 3.52. The summed E-state index contributed by atoms with van der Waals surface area (Å²) in [6.45, 7) is 0.641. The van der Waals surface area contributed by atoms with Gasteiger partial charge in [0.1, 0.15) is 0 Å². The van der Waals surface area contributed by atoms with E-state index < -0.39 is 5.91 Å². The van der Waals surface area contributed by atoms with Crippen molar-refractivity contribution in [1.29, 1.82) is 0 Å². The average Bonchev–Trinajstić information content (AvgIpc) is 3.13. The molecule has 9 nitrogen and oxygen atoms in total. The first-order valence-electron chi connectivity index (χ1n) is 9.07. The average molecular weight is 366 g/mol. The van der Waals surface area contributed by atoms with Crippen LogP contribution in [0.5, 0.6) is 0 Å². The number of rotatable bonds is 5. The molecule has 1 fully saturated rings. The van der Waals surface area contributed by atoms with E-state index in [1.807, 2.05) is 18.2 Å². The maximum absolute atomic E-state index is 11.8. The Morgan fingerprint density at radius 1 is 1.19 bits per heavy atom. The highest BCUT2D eigenvalue weighted by molar-refractivity contribution is 5.98. The normalized spacial score (nSPS) is 20.9. The van der Waals surface area contributed by atoms with E-state index in [2.05, 4.69) is 30.8 Å². The van der Waals surface area contributed by atoms with Gasteiger partial charge in [-0.1, -0.05) is 25.0 Å². The van der Waals surface area contributed by atoms with Gasteiger partial charge in [0, 0.05) is 29.5 Å². The lowest BCUT2D eigenvalue weighted by atomic mass is 9.91. The molecule has 140 valence electrons. The van der Waals surface area contributed by atoms with E-state index in [0.29, 0.717) is 12.5 Å². The zero-order valence-corrected chi connectivity index (χ0v) is 14.9. The van der Waals surface area contributed by atoms with Crippen molar-refractivity contribution in [2.24, 2.45) is 16.5 Å². The molecule has 4 rings (SSSR count). The van der Waals surface area contributed by atoms with Crippen LogP contribution in [0.1, 0.15) is 47.3 Å². The molecule has 0 unspecified atom stereocenters. The lowest BCUT2D eigenvalue weighted by molar-refractivity contribution is 0.0995. The largest absolute Gasteiger partial charge is 0.364 e. The van der Waals surface area contributed by atoms with Gasteiger partial charge < -0.3 is 22.1 Å². The highest BCUT2D eigenvalue weighted by atomic mass is 16.1. The van der Waals surface area contributed by atoms with Crippen LogP contribution in [0.25, 0.3) is 0 Å². The molecule has 2 aromatic rings. The van der Waals surface area contributed by atoms with Crippen molar-refractivity contribution in [3.8, 4) is 0 Å². The predicted molar refractivity (Wildman–Crippen MR) is 103 cm³/mol. The number of primary amides is 1. The molecule has 1 aromatic heterocycles. The third-order valence-corrected chi connectivity index (χ3v) is 4.99. The standard InChI is InChI=1S/C18H22N8O/c19-12-5-1-2-6-14(12)23-18-24-17(15(16(20)27)25-26-18)22-13-7-3-4-10-8-21-9-11(10)13/h3-4,7,9,12,14H,1-2,5-6,8,19H2,(H2,20,27)(H2,22,23,24,26)/t12-,14+/m0/s1. The smallest absolute Gasteiger partial charge is 0.273 e. The SMILES string of the molecule is NC(=O)c1nnc(N[C@@H]2CCCC[C@@H]2N)nc1Nc1cccc2c1C=NC2. The Morgan fingerprint density at radius 3 is 2.85 bits per heavy atom. The highest BCUT2D eigenvalue weighted by Crippen LogP contribution is 2.27. The lowest BCUT2D eigenvalue weighted by Gasteiger charge is -2.29. The minimum atomic E-state index is -0.695. The van der Waals surface area contributed by atoms with Crippen LogP contribution in [0, 0.1) is 0 Å². The van der Waals surface area contributed by atoms with Crippen molar-refractivity contribution in [3.05, 3.63) is 35.0 Å². The molecule has 1 aliphatic heterocycles. The van der Waals surface area contributed by atoms with Gasteiger partial charge in [0.25, 0.3) is 5.91 Å². The summed E-state index contributed by atoms with van der Waals surface area (Å²) in [6, 6.07) is 5.96. The molecule has 2 aliphatic rings. The second kappa shape index (κ2) is 7.28. The monoisotopic (exact) mass is 366 g/mol. The maximum Gasteiger partial charge on any atom is 0.273 e. The van der Waals surface area contributed by atoms with Gasteiger partial charge >= 0.3 is 0 Å². The molecule has 1 aliphatic carbocycles.